The van der Waals surface area contributed by atoms with E-state index < -0.39 is 11.8 Å². The van der Waals surface area contributed by atoms with Crippen LogP contribution < -0.4 is 10.9 Å². The Bertz CT molecular complexity index is 923. The number of hydrogen-bond acceptors (Lipinski definition) is 4. The normalized spacial score (nSPS) is 10.4. The van der Waals surface area contributed by atoms with Gasteiger partial charge in [0.2, 0.25) is 0 Å². The van der Waals surface area contributed by atoms with E-state index in [0.29, 0.717) is 29.1 Å². The second kappa shape index (κ2) is 7.92. The van der Waals surface area contributed by atoms with E-state index in [1.807, 2.05) is 25.1 Å². The van der Waals surface area contributed by atoms with E-state index in [1.165, 1.54) is 6.20 Å². The van der Waals surface area contributed by atoms with Crippen LogP contribution in [0.25, 0.3) is 5.82 Å². The highest BCUT2D eigenvalue weighted by Crippen LogP contribution is 2.14. The molecule has 0 unspecified atom stereocenters. The standard InChI is InChI=1S/C18H16BrN5O2/c1-2-15-14(11-21-24(15)16-5-3-4-10-20-16)18(26)23-22-17(25)12-6-8-13(19)9-7-12/h3-11H,2H2,1H3,(H,22,25)(H,23,26). The van der Waals surface area contributed by atoms with E-state index in [-0.39, 0.29) is 0 Å². The molecular weight excluding hydrogens is 398 g/mol. The second-order valence-corrected chi connectivity index (χ2v) is 6.29. The summed E-state index contributed by atoms with van der Waals surface area (Å²) in [7, 11) is 0. The van der Waals surface area contributed by atoms with E-state index in [4.69, 9.17) is 0 Å². The van der Waals surface area contributed by atoms with Gasteiger partial charge in [0.15, 0.2) is 5.82 Å². The van der Waals surface area contributed by atoms with Crippen LogP contribution in [-0.2, 0) is 6.42 Å². The van der Waals surface area contributed by atoms with Gasteiger partial charge in [-0.15, -0.1) is 0 Å². The fourth-order valence-electron chi connectivity index (χ4n) is 2.43. The van der Waals surface area contributed by atoms with Crippen molar-refractivity contribution in [2.24, 2.45) is 0 Å². The fourth-order valence-corrected chi connectivity index (χ4v) is 2.70. The molecule has 0 spiro atoms. The lowest BCUT2D eigenvalue weighted by Gasteiger charge is -2.09. The van der Waals surface area contributed by atoms with Crippen molar-refractivity contribution in [3.63, 3.8) is 0 Å². The highest BCUT2D eigenvalue weighted by atomic mass is 79.9. The number of nitrogens with one attached hydrogen (secondary N) is 2. The Morgan fingerprint density at radius 1 is 1.08 bits per heavy atom. The quantitative estimate of drug-likeness (QED) is 0.643. The van der Waals surface area contributed by atoms with Crippen molar-refractivity contribution < 1.29 is 9.59 Å². The van der Waals surface area contributed by atoms with Gasteiger partial charge in [-0.2, -0.15) is 5.10 Å². The van der Waals surface area contributed by atoms with E-state index in [1.54, 1.807) is 35.1 Å². The van der Waals surface area contributed by atoms with Gasteiger partial charge in [-0.05, 0) is 42.8 Å². The van der Waals surface area contributed by atoms with Gasteiger partial charge in [0.1, 0.15) is 0 Å². The van der Waals surface area contributed by atoms with Crippen LogP contribution in [0, 0.1) is 0 Å². The lowest BCUT2D eigenvalue weighted by atomic mass is 10.2. The second-order valence-electron chi connectivity index (χ2n) is 5.37. The first-order valence-corrected chi connectivity index (χ1v) is 8.74. The highest BCUT2D eigenvalue weighted by Gasteiger charge is 2.18. The van der Waals surface area contributed by atoms with E-state index in [2.05, 4.69) is 36.9 Å². The first-order valence-electron chi connectivity index (χ1n) is 7.94. The van der Waals surface area contributed by atoms with Crippen LogP contribution in [0.1, 0.15) is 33.3 Å². The average molecular weight is 414 g/mol. The molecule has 2 heterocycles. The molecule has 2 amide bonds. The van der Waals surface area contributed by atoms with E-state index >= 15 is 0 Å². The maximum Gasteiger partial charge on any atom is 0.273 e. The first-order chi connectivity index (χ1) is 12.6. The molecule has 26 heavy (non-hydrogen) atoms. The van der Waals surface area contributed by atoms with Gasteiger partial charge in [-0.1, -0.05) is 28.9 Å². The Balaban J connectivity index is 1.73. The van der Waals surface area contributed by atoms with Crippen molar-refractivity contribution >= 4 is 27.7 Å². The summed E-state index contributed by atoms with van der Waals surface area (Å²) in [5.74, 6) is -0.210. The van der Waals surface area contributed by atoms with Crippen molar-refractivity contribution in [2.75, 3.05) is 0 Å². The molecule has 132 valence electrons. The number of halogens is 1. The van der Waals surface area contributed by atoms with Crippen LogP contribution in [0.5, 0.6) is 0 Å². The Kier molecular flexibility index (Phi) is 5.43. The topological polar surface area (TPSA) is 88.9 Å². The van der Waals surface area contributed by atoms with Gasteiger partial charge < -0.3 is 0 Å². The number of carbonyl (C=O) groups excluding carboxylic acids is 2. The van der Waals surface area contributed by atoms with Crippen molar-refractivity contribution in [2.45, 2.75) is 13.3 Å². The summed E-state index contributed by atoms with van der Waals surface area (Å²) in [6, 6.07) is 12.3. The minimum absolute atomic E-state index is 0.384. The van der Waals surface area contributed by atoms with Gasteiger partial charge in [-0.25, -0.2) is 9.67 Å². The molecule has 2 N–H and O–H groups in total. The third-order valence-electron chi connectivity index (χ3n) is 3.71. The molecule has 0 aliphatic rings. The molecule has 0 radical (unpaired) electrons. The van der Waals surface area contributed by atoms with Crippen molar-refractivity contribution in [1.29, 1.82) is 0 Å². The zero-order valence-electron chi connectivity index (χ0n) is 13.9. The molecule has 0 saturated carbocycles. The molecule has 0 fully saturated rings. The van der Waals surface area contributed by atoms with Crippen LogP contribution in [-0.4, -0.2) is 26.6 Å². The number of benzene rings is 1. The van der Waals surface area contributed by atoms with Crippen LogP contribution in [0.4, 0.5) is 0 Å². The van der Waals surface area contributed by atoms with Gasteiger partial charge in [0.05, 0.1) is 17.5 Å². The number of amides is 2. The number of hydrazine groups is 1. The maximum atomic E-state index is 12.5. The number of hydrogen-bond donors (Lipinski definition) is 2. The predicted molar refractivity (Wildman–Crippen MR) is 99.8 cm³/mol. The molecule has 2 aromatic heterocycles. The Hall–Kier alpha value is -3.00. The minimum Gasteiger partial charge on any atom is -0.267 e. The Morgan fingerprint density at radius 2 is 1.81 bits per heavy atom. The third kappa shape index (κ3) is 3.80. The smallest absolute Gasteiger partial charge is 0.267 e. The van der Waals surface area contributed by atoms with Crippen molar-refractivity contribution in [1.82, 2.24) is 25.6 Å². The lowest BCUT2D eigenvalue weighted by molar-refractivity contribution is 0.0846. The third-order valence-corrected chi connectivity index (χ3v) is 4.24. The molecule has 0 saturated heterocycles. The molecule has 1 aromatic carbocycles. The number of carbonyl (C=O) groups is 2. The van der Waals surface area contributed by atoms with Crippen LogP contribution in [0.15, 0.2) is 59.3 Å². The number of pyridine rings is 1. The molecule has 7 nitrogen and oxygen atoms in total. The average Bonchev–Trinajstić information content (AvgIpc) is 3.11. The van der Waals surface area contributed by atoms with E-state index in [9.17, 15) is 9.59 Å². The molecule has 0 bridgehead atoms. The monoisotopic (exact) mass is 413 g/mol. The summed E-state index contributed by atoms with van der Waals surface area (Å²) in [4.78, 5) is 28.8. The van der Waals surface area contributed by atoms with Gasteiger partial charge in [-0.3, -0.25) is 20.4 Å². The number of aromatic nitrogens is 3. The SMILES string of the molecule is CCc1c(C(=O)NNC(=O)c2ccc(Br)cc2)cnn1-c1ccccn1. The number of nitrogens with zero attached hydrogens (tertiary/aromatic N) is 3. The van der Waals surface area contributed by atoms with Gasteiger partial charge in [0, 0.05) is 16.2 Å². The Labute approximate surface area is 158 Å². The van der Waals surface area contributed by atoms with E-state index in [0.717, 1.165) is 4.47 Å². The van der Waals surface area contributed by atoms with Crippen molar-refractivity contribution in [3.8, 4) is 5.82 Å². The lowest BCUT2D eigenvalue weighted by Crippen LogP contribution is -2.41. The molecular formula is C18H16BrN5O2. The molecule has 0 aliphatic heterocycles. The molecule has 0 atom stereocenters. The fraction of sp³-hybridized carbons (Fsp3) is 0.111. The summed E-state index contributed by atoms with van der Waals surface area (Å²) >= 11 is 3.31. The Morgan fingerprint density at radius 3 is 2.46 bits per heavy atom. The zero-order chi connectivity index (χ0) is 18.5. The largest absolute Gasteiger partial charge is 0.273 e. The van der Waals surface area contributed by atoms with Crippen LogP contribution >= 0.6 is 15.9 Å². The first kappa shape index (κ1) is 17.8. The maximum absolute atomic E-state index is 12.5. The van der Waals surface area contributed by atoms with Gasteiger partial charge in [0.25, 0.3) is 11.8 Å². The summed E-state index contributed by atoms with van der Waals surface area (Å²) in [5, 5.41) is 4.25. The van der Waals surface area contributed by atoms with Crippen molar-refractivity contribution in [3.05, 3.63) is 76.2 Å². The summed E-state index contributed by atoms with van der Waals surface area (Å²) < 4.78 is 2.48. The van der Waals surface area contributed by atoms with Crippen LogP contribution in [0.2, 0.25) is 0 Å². The summed E-state index contributed by atoms with van der Waals surface area (Å²) in [6.45, 7) is 1.92. The summed E-state index contributed by atoms with van der Waals surface area (Å²) in [6.07, 6.45) is 3.71. The van der Waals surface area contributed by atoms with Crippen LogP contribution in [0.3, 0.4) is 0 Å². The number of rotatable bonds is 4. The predicted octanol–water partition coefficient (Wildman–Crippen LogP) is 2.67. The van der Waals surface area contributed by atoms with Gasteiger partial charge >= 0.3 is 0 Å². The highest BCUT2D eigenvalue weighted by molar-refractivity contribution is 9.10. The minimum atomic E-state index is -0.436. The summed E-state index contributed by atoms with van der Waals surface area (Å²) in [5.41, 5.74) is 6.37. The molecule has 8 heteroatoms. The zero-order valence-corrected chi connectivity index (χ0v) is 15.5. The molecule has 3 rings (SSSR count). The molecule has 3 aromatic rings. The molecule has 0 aliphatic carbocycles.